The van der Waals surface area contributed by atoms with Crippen molar-refractivity contribution in [3.8, 4) is 0 Å². The van der Waals surface area contributed by atoms with Gasteiger partial charge in [-0.25, -0.2) is 9.37 Å². The zero-order chi connectivity index (χ0) is 21.6. The summed E-state index contributed by atoms with van der Waals surface area (Å²) in [6.07, 6.45) is 1.76. The molecule has 0 saturated heterocycles. The van der Waals surface area contributed by atoms with Crippen LogP contribution in [0.3, 0.4) is 0 Å². The van der Waals surface area contributed by atoms with Crippen molar-refractivity contribution < 1.29 is 9.18 Å². The first-order valence-corrected chi connectivity index (χ1v) is 10.7. The van der Waals surface area contributed by atoms with E-state index in [1.54, 1.807) is 12.1 Å². The van der Waals surface area contributed by atoms with Gasteiger partial charge < -0.3 is 9.88 Å². The molecule has 1 aromatic heterocycles. The lowest BCUT2D eigenvalue weighted by molar-refractivity contribution is -0.120. The van der Waals surface area contributed by atoms with E-state index in [4.69, 9.17) is 16.6 Å². The first-order valence-electron chi connectivity index (χ1n) is 10.3. The molecule has 3 aromatic carbocycles. The van der Waals surface area contributed by atoms with Crippen molar-refractivity contribution in [2.75, 3.05) is 6.54 Å². The number of rotatable bonds is 8. The summed E-state index contributed by atoms with van der Waals surface area (Å²) in [6.45, 7) is 0.858. The summed E-state index contributed by atoms with van der Waals surface area (Å²) in [4.78, 5) is 16.9. The number of nitrogens with zero attached hydrogens (tertiary/aromatic N) is 2. The average Bonchev–Trinajstić information content (AvgIpc) is 3.12. The van der Waals surface area contributed by atoms with Crippen LogP contribution in [0.1, 0.15) is 23.4 Å². The summed E-state index contributed by atoms with van der Waals surface area (Å²) in [6, 6.07) is 22.2. The van der Waals surface area contributed by atoms with Crippen LogP contribution in [0.25, 0.3) is 11.0 Å². The van der Waals surface area contributed by atoms with E-state index < -0.39 is 0 Å². The number of para-hydroxylation sites is 2. The number of amides is 1. The van der Waals surface area contributed by atoms with Crippen molar-refractivity contribution in [1.82, 2.24) is 14.9 Å². The van der Waals surface area contributed by atoms with Gasteiger partial charge in [-0.05, 0) is 36.2 Å². The molecule has 1 heterocycles. The van der Waals surface area contributed by atoms with Crippen LogP contribution in [0, 0.1) is 5.82 Å². The maximum absolute atomic E-state index is 14.4. The smallest absolute Gasteiger partial charge is 0.224 e. The lowest BCUT2D eigenvalue weighted by Crippen LogP contribution is -2.26. The summed E-state index contributed by atoms with van der Waals surface area (Å²) in [5, 5.41) is 3.37. The Morgan fingerprint density at radius 3 is 2.58 bits per heavy atom. The molecule has 1 N–H and O–H groups in total. The summed E-state index contributed by atoms with van der Waals surface area (Å²) < 4.78 is 16.4. The zero-order valence-corrected chi connectivity index (χ0v) is 17.8. The second-order valence-electron chi connectivity index (χ2n) is 7.42. The Morgan fingerprint density at radius 1 is 1.00 bits per heavy atom. The highest BCUT2D eigenvalue weighted by atomic mass is 35.5. The number of halogens is 2. The second kappa shape index (κ2) is 9.75. The standard InChI is InChI=1S/C25H23ClFN3O/c26-20-10-6-11-21(27)19(20)17-30-23-13-5-4-12-22(23)29-24(30)14-7-15-28-25(31)16-18-8-2-1-3-9-18/h1-6,8-13H,7,14-17H2,(H,28,31). The number of nitrogens with one attached hydrogen (secondary N) is 1. The summed E-state index contributed by atoms with van der Waals surface area (Å²) >= 11 is 6.26. The number of aryl methyl sites for hydroxylation is 1. The summed E-state index contributed by atoms with van der Waals surface area (Å²) in [7, 11) is 0. The van der Waals surface area contributed by atoms with Crippen LogP contribution in [-0.2, 0) is 24.2 Å². The van der Waals surface area contributed by atoms with Crippen molar-refractivity contribution in [2.45, 2.75) is 25.8 Å². The number of carbonyl (C=O) groups excluding carboxylic acids is 1. The van der Waals surface area contributed by atoms with E-state index in [1.807, 2.05) is 59.2 Å². The van der Waals surface area contributed by atoms with Crippen molar-refractivity contribution in [3.05, 3.63) is 101 Å². The van der Waals surface area contributed by atoms with Crippen LogP contribution in [-0.4, -0.2) is 22.0 Å². The molecule has 0 unspecified atom stereocenters. The van der Waals surface area contributed by atoms with E-state index in [1.165, 1.54) is 6.07 Å². The van der Waals surface area contributed by atoms with Crippen LogP contribution < -0.4 is 5.32 Å². The van der Waals surface area contributed by atoms with E-state index in [9.17, 15) is 9.18 Å². The molecule has 31 heavy (non-hydrogen) atoms. The molecule has 0 fully saturated rings. The van der Waals surface area contributed by atoms with E-state index in [0.717, 1.165) is 28.8 Å². The first kappa shape index (κ1) is 21.1. The van der Waals surface area contributed by atoms with Gasteiger partial charge in [-0.3, -0.25) is 4.79 Å². The predicted molar refractivity (Wildman–Crippen MR) is 122 cm³/mol. The Morgan fingerprint density at radius 2 is 1.77 bits per heavy atom. The maximum atomic E-state index is 14.4. The van der Waals surface area contributed by atoms with E-state index in [-0.39, 0.29) is 11.7 Å². The van der Waals surface area contributed by atoms with Gasteiger partial charge in [0.15, 0.2) is 0 Å². The third-order valence-corrected chi connectivity index (χ3v) is 5.57. The lowest BCUT2D eigenvalue weighted by Gasteiger charge is -2.12. The number of hydrogen-bond acceptors (Lipinski definition) is 2. The molecule has 4 aromatic rings. The molecule has 0 atom stereocenters. The Labute approximate surface area is 185 Å². The van der Waals surface area contributed by atoms with Gasteiger partial charge in [-0.15, -0.1) is 0 Å². The van der Waals surface area contributed by atoms with Crippen molar-refractivity contribution >= 4 is 28.5 Å². The molecule has 4 rings (SSSR count). The van der Waals surface area contributed by atoms with Crippen LogP contribution in [0.4, 0.5) is 4.39 Å². The molecule has 0 aliphatic carbocycles. The van der Waals surface area contributed by atoms with Crippen LogP contribution in [0.2, 0.25) is 5.02 Å². The van der Waals surface area contributed by atoms with Crippen LogP contribution in [0.5, 0.6) is 0 Å². The van der Waals surface area contributed by atoms with E-state index in [2.05, 4.69) is 5.32 Å². The summed E-state index contributed by atoms with van der Waals surface area (Å²) in [5.41, 5.74) is 3.23. The quantitative estimate of drug-likeness (QED) is 0.388. The Kier molecular flexibility index (Phi) is 6.63. The lowest BCUT2D eigenvalue weighted by atomic mass is 10.1. The van der Waals surface area contributed by atoms with Gasteiger partial charge in [0.1, 0.15) is 11.6 Å². The third-order valence-electron chi connectivity index (χ3n) is 5.22. The highest BCUT2D eigenvalue weighted by Gasteiger charge is 2.15. The molecule has 0 spiro atoms. The largest absolute Gasteiger partial charge is 0.356 e. The Hall–Kier alpha value is -3.18. The van der Waals surface area contributed by atoms with Gasteiger partial charge in [-0.2, -0.15) is 0 Å². The number of hydrogen-bond donors (Lipinski definition) is 1. The molecule has 0 bridgehead atoms. The van der Waals surface area contributed by atoms with Gasteiger partial charge >= 0.3 is 0 Å². The normalized spacial score (nSPS) is 11.0. The number of imidazole rings is 1. The monoisotopic (exact) mass is 435 g/mol. The third kappa shape index (κ3) is 5.12. The van der Waals surface area contributed by atoms with E-state index >= 15 is 0 Å². The minimum absolute atomic E-state index is 0.00200. The van der Waals surface area contributed by atoms with Crippen LogP contribution in [0.15, 0.2) is 72.8 Å². The molecule has 6 heteroatoms. The number of aromatic nitrogens is 2. The molecular weight excluding hydrogens is 413 g/mol. The van der Waals surface area contributed by atoms with Crippen LogP contribution >= 0.6 is 11.6 Å². The highest BCUT2D eigenvalue weighted by molar-refractivity contribution is 6.31. The van der Waals surface area contributed by atoms with Gasteiger partial charge in [0.25, 0.3) is 0 Å². The molecular formula is C25H23ClFN3O. The average molecular weight is 436 g/mol. The number of fused-ring (bicyclic) bond motifs is 1. The molecule has 0 aliphatic rings. The minimum atomic E-state index is -0.329. The fourth-order valence-electron chi connectivity index (χ4n) is 3.65. The SMILES string of the molecule is O=C(Cc1ccccc1)NCCCc1nc2ccccc2n1Cc1c(F)cccc1Cl. The fraction of sp³-hybridized carbons (Fsp3) is 0.200. The molecule has 0 radical (unpaired) electrons. The van der Waals surface area contributed by atoms with Gasteiger partial charge in [0.2, 0.25) is 5.91 Å². The van der Waals surface area contributed by atoms with Crippen molar-refractivity contribution in [2.24, 2.45) is 0 Å². The highest BCUT2D eigenvalue weighted by Crippen LogP contribution is 2.24. The molecule has 0 aliphatic heterocycles. The van der Waals surface area contributed by atoms with E-state index in [0.29, 0.717) is 36.5 Å². The summed E-state index contributed by atoms with van der Waals surface area (Å²) in [5.74, 6) is 0.514. The minimum Gasteiger partial charge on any atom is -0.356 e. The predicted octanol–water partition coefficient (Wildman–Crippen LogP) is 5.17. The molecule has 158 valence electrons. The molecule has 1 amide bonds. The Balaban J connectivity index is 1.44. The second-order valence-corrected chi connectivity index (χ2v) is 7.83. The number of benzene rings is 3. The van der Waals surface area contributed by atoms with Crippen molar-refractivity contribution in [1.29, 1.82) is 0 Å². The molecule has 0 saturated carbocycles. The maximum Gasteiger partial charge on any atom is 0.224 e. The van der Waals surface area contributed by atoms with Gasteiger partial charge in [0.05, 0.1) is 24.0 Å². The fourth-order valence-corrected chi connectivity index (χ4v) is 3.88. The topological polar surface area (TPSA) is 46.9 Å². The van der Waals surface area contributed by atoms with Gasteiger partial charge in [-0.1, -0.05) is 60.1 Å². The first-order chi connectivity index (χ1) is 15.1. The molecule has 4 nitrogen and oxygen atoms in total. The number of carbonyl (C=O) groups is 1. The zero-order valence-electron chi connectivity index (χ0n) is 17.0. The van der Waals surface area contributed by atoms with Crippen molar-refractivity contribution in [3.63, 3.8) is 0 Å². The van der Waals surface area contributed by atoms with Gasteiger partial charge in [0, 0.05) is 23.6 Å². The Bertz CT molecular complexity index is 1170.